The Morgan fingerprint density at radius 2 is 1.58 bits per heavy atom. The summed E-state index contributed by atoms with van der Waals surface area (Å²) in [6.07, 6.45) is 0. The monoisotopic (exact) mass is 401 g/mol. The molecule has 1 unspecified atom stereocenters. The van der Waals surface area contributed by atoms with Gasteiger partial charge in [-0.2, -0.15) is 5.26 Å². The minimum atomic E-state index is -1.14. The second kappa shape index (κ2) is 5.96. The molecule has 1 atom stereocenters. The number of aryl methyl sites for hydroxylation is 1. The summed E-state index contributed by atoms with van der Waals surface area (Å²) in [6.45, 7) is 2.06. The van der Waals surface area contributed by atoms with Crippen LogP contribution in [0.3, 0.4) is 0 Å². The molecular weight excluding hydrogens is 382 g/mol. The Kier molecular flexibility index (Phi) is 3.41. The van der Waals surface area contributed by atoms with E-state index < -0.39 is 5.41 Å². The molecule has 1 aromatic heterocycles. The van der Waals surface area contributed by atoms with Gasteiger partial charge in [0, 0.05) is 23.7 Å². The fraction of sp³-hybridized carbons (Fsp3) is 0.111. The third-order valence-electron chi connectivity index (χ3n) is 6.77. The highest BCUT2D eigenvalue weighted by Crippen LogP contribution is 2.58. The molecule has 3 heterocycles. The number of rotatable bonds is 1. The lowest BCUT2D eigenvalue weighted by atomic mass is 9.72. The van der Waals surface area contributed by atoms with Crippen LogP contribution in [0, 0.1) is 18.3 Å². The fourth-order valence-corrected chi connectivity index (χ4v) is 5.53. The lowest BCUT2D eigenvalue weighted by Crippen LogP contribution is -2.40. The summed E-state index contributed by atoms with van der Waals surface area (Å²) in [4.78, 5) is 15.7. The van der Waals surface area contributed by atoms with Gasteiger partial charge in [0.15, 0.2) is 5.41 Å². The lowest BCUT2D eigenvalue weighted by molar-refractivity contribution is -0.120. The first-order chi connectivity index (χ1) is 15.1. The molecule has 3 aromatic carbocycles. The summed E-state index contributed by atoms with van der Waals surface area (Å²) in [5.74, 6) is -0.0802. The largest absolute Gasteiger partial charge is 0.314 e. The number of benzene rings is 3. The van der Waals surface area contributed by atoms with E-state index in [2.05, 4.69) is 29.7 Å². The van der Waals surface area contributed by atoms with Crippen LogP contribution in [-0.2, 0) is 10.2 Å². The van der Waals surface area contributed by atoms with Gasteiger partial charge in [0.05, 0.1) is 28.5 Å². The van der Waals surface area contributed by atoms with E-state index in [1.54, 1.807) is 11.9 Å². The first-order valence-corrected chi connectivity index (χ1v) is 10.3. The van der Waals surface area contributed by atoms with Crippen LogP contribution in [0.25, 0.3) is 16.6 Å². The molecule has 0 bridgehead atoms. The Morgan fingerprint density at radius 3 is 2.35 bits per heavy atom. The number of carbonyl (C=O) groups is 1. The van der Waals surface area contributed by atoms with Gasteiger partial charge in [-0.1, -0.05) is 66.7 Å². The third-order valence-corrected chi connectivity index (χ3v) is 6.77. The molecule has 0 saturated carbocycles. The number of aromatic nitrogens is 1. The summed E-state index contributed by atoms with van der Waals surface area (Å²) in [7, 11) is 1.80. The quantitative estimate of drug-likeness (QED) is 0.450. The van der Waals surface area contributed by atoms with Crippen molar-refractivity contribution >= 4 is 28.2 Å². The summed E-state index contributed by atoms with van der Waals surface area (Å²) < 4.78 is 2.15. The highest BCUT2D eigenvalue weighted by atomic mass is 16.2. The molecule has 1 amide bonds. The number of likely N-dealkylation sites (N-methyl/N-ethyl adjacent to an activating group) is 1. The van der Waals surface area contributed by atoms with Crippen LogP contribution < -0.4 is 4.90 Å². The zero-order valence-electron chi connectivity index (χ0n) is 17.3. The van der Waals surface area contributed by atoms with E-state index in [9.17, 15) is 10.1 Å². The predicted octanol–water partition coefficient (Wildman–Crippen LogP) is 5.01. The predicted molar refractivity (Wildman–Crippen MR) is 122 cm³/mol. The smallest absolute Gasteiger partial charge is 0.248 e. The molecule has 4 heteroatoms. The Bertz CT molecular complexity index is 1490. The average molecular weight is 401 g/mol. The number of para-hydroxylation sites is 2. The molecule has 0 radical (unpaired) electrons. The minimum Gasteiger partial charge on any atom is -0.314 e. The van der Waals surface area contributed by atoms with E-state index in [1.807, 2.05) is 66.7 Å². The highest BCUT2D eigenvalue weighted by molar-refractivity contribution is 6.17. The van der Waals surface area contributed by atoms with E-state index in [1.165, 1.54) is 0 Å². The minimum absolute atomic E-state index is 0.0802. The van der Waals surface area contributed by atoms with E-state index in [4.69, 9.17) is 0 Å². The highest BCUT2D eigenvalue weighted by Gasteiger charge is 2.60. The molecule has 4 aromatic rings. The van der Waals surface area contributed by atoms with Crippen LogP contribution >= 0.6 is 0 Å². The van der Waals surface area contributed by atoms with Crippen molar-refractivity contribution in [1.29, 1.82) is 5.26 Å². The summed E-state index contributed by atoms with van der Waals surface area (Å²) >= 11 is 0. The third kappa shape index (κ3) is 1.91. The van der Waals surface area contributed by atoms with Crippen molar-refractivity contribution in [1.82, 2.24) is 4.57 Å². The fourth-order valence-electron chi connectivity index (χ4n) is 5.53. The number of fused-ring (bicyclic) bond motifs is 6. The van der Waals surface area contributed by atoms with Gasteiger partial charge in [-0.05, 0) is 30.2 Å². The van der Waals surface area contributed by atoms with Crippen LogP contribution in [0.15, 0.2) is 84.4 Å². The Labute approximate surface area is 180 Å². The molecule has 6 rings (SSSR count). The normalized spacial score (nSPS) is 19.3. The molecule has 148 valence electrons. The van der Waals surface area contributed by atoms with Crippen molar-refractivity contribution in [3.8, 4) is 6.07 Å². The lowest BCUT2D eigenvalue weighted by Gasteiger charge is -2.24. The zero-order valence-corrected chi connectivity index (χ0v) is 17.3. The maximum absolute atomic E-state index is 14.1. The SMILES string of the molecule is Cc1c2n(c3ccccc13)C(c1ccccc1)=C(C#N)C21C(=O)N(C)c2ccccc21. The van der Waals surface area contributed by atoms with Crippen molar-refractivity contribution in [2.24, 2.45) is 0 Å². The second-order valence-electron chi connectivity index (χ2n) is 8.16. The van der Waals surface area contributed by atoms with E-state index in [0.717, 1.165) is 44.7 Å². The average Bonchev–Trinajstić information content (AvgIpc) is 3.37. The number of nitriles is 1. The Hall–Kier alpha value is -4.10. The number of anilines is 1. The topological polar surface area (TPSA) is 49.0 Å². The molecule has 2 aliphatic heterocycles. The van der Waals surface area contributed by atoms with Crippen molar-refractivity contribution in [2.45, 2.75) is 12.3 Å². The van der Waals surface area contributed by atoms with Gasteiger partial charge in [-0.3, -0.25) is 4.79 Å². The maximum Gasteiger partial charge on any atom is 0.248 e. The molecule has 4 nitrogen and oxygen atoms in total. The van der Waals surface area contributed by atoms with Crippen LogP contribution in [-0.4, -0.2) is 17.5 Å². The molecule has 1 spiro atoms. The van der Waals surface area contributed by atoms with Crippen LogP contribution in [0.4, 0.5) is 5.69 Å². The number of nitrogens with zero attached hydrogens (tertiary/aromatic N) is 3. The second-order valence-corrected chi connectivity index (χ2v) is 8.16. The number of hydrogen-bond donors (Lipinski definition) is 0. The molecule has 31 heavy (non-hydrogen) atoms. The summed E-state index contributed by atoms with van der Waals surface area (Å²) in [6, 6.07) is 28.4. The molecule has 0 saturated heterocycles. The molecule has 0 aliphatic carbocycles. The van der Waals surface area contributed by atoms with Crippen LogP contribution in [0.1, 0.15) is 22.4 Å². The summed E-state index contributed by atoms with van der Waals surface area (Å²) in [5.41, 5.74) is 5.72. The van der Waals surface area contributed by atoms with Gasteiger partial charge in [0.2, 0.25) is 5.91 Å². The van der Waals surface area contributed by atoms with Crippen molar-refractivity contribution < 1.29 is 4.79 Å². The van der Waals surface area contributed by atoms with Gasteiger partial charge in [0.25, 0.3) is 0 Å². The first kappa shape index (κ1) is 17.7. The van der Waals surface area contributed by atoms with Gasteiger partial charge in [0.1, 0.15) is 0 Å². The first-order valence-electron chi connectivity index (χ1n) is 10.3. The molecule has 0 fully saturated rings. The van der Waals surface area contributed by atoms with Crippen molar-refractivity contribution in [3.63, 3.8) is 0 Å². The van der Waals surface area contributed by atoms with E-state index in [-0.39, 0.29) is 5.91 Å². The maximum atomic E-state index is 14.1. The number of amides is 1. The van der Waals surface area contributed by atoms with Crippen molar-refractivity contribution in [3.05, 3.63) is 107 Å². The standard InChI is InChI=1S/C27H19N3O/c1-17-19-12-6-8-14-22(19)30-24(18-10-4-3-5-11-18)21(16-28)27(25(17)30)20-13-7-9-15-23(20)29(2)26(27)31/h3-15H,1-2H3. The zero-order chi connectivity index (χ0) is 21.3. The van der Waals surface area contributed by atoms with Gasteiger partial charge >= 0.3 is 0 Å². The molecular formula is C27H19N3O. The molecule has 2 aliphatic rings. The van der Waals surface area contributed by atoms with Gasteiger partial charge < -0.3 is 9.47 Å². The van der Waals surface area contributed by atoms with Crippen LogP contribution in [0.2, 0.25) is 0 Å². The number of hydrogen-bond acceptors (Lipinski definition) is 2. The van der Waals surface area contributed by atoms with E-state index in [0.29, 0.717) is 5.57 Å². The Morgan fingerprint density at radius 1 is 0.903 bits per heavy atom. The Balaban J connectivity index is 1.88. The summed E-state index contributed by atoms with van der Waals surface area (Å²) in [5, 5.41) is 11.6. The van der Waals surface area contributed by atoms with Gasteiger partial charge in [-0.25, -0.2) is 0 Å². The number of carbonyl (C=O) groups excluding carboxylic acids is 1. The van der Waals surface area contributed by atoms with Gasteiger partial charge in [-0.15, -0.1) is 0 Å². The van der Waals surface area contributed by atoms with E-state index >= 15 is 0 Å². The molecule has 0 N–H and O–H groups in total. The van der Waals surface area contributed by atoms with Crippen molar-refractivity contribution in [2.75, 3.05) is 11.9 Å². The van der Waals surface area contributed by atoms with Crippen LogP contribution in [0.5, 0.6) is 0 Å².